The van der Waals surface area contributed by atoms with E-state index in [1.54, 1.807) is 48.8 Å². The van der Waals surface area contributed by atoms with E-state index in [4.69, 9.17) is 0 Å². The van der Waals surface area contributed by atoms with Gasteiger partial charge in [0.05, 0.1) is 12.6 Å². The van der Waals surface area contributed by atoms with Gasteiger partial charge < -0.3 is 20.6 Å². The van der Waals surface area contributed by atoms with E-state index in [1.165, 1.54) is 0 Å². The van der Waals surface area contributed by atoms with Crippen molar-refractivity contribution in [2.75, 3.05) is 33.3 Å². The SMILES string of the molecule is CN1CCC(CNC(=O)c2cccc([C@@H](CO)NC(=O)c3ccc(-c4ccncc4)cc3)c2)CC1. The minimum absolute atomic E-state index is 0.138. The third kappa shape index (κ3) is 6.53. The molecule has 0 bridgehead atoms. The van der Waals surface area contributed by atoms with E-state index >= 15 is 0 Å². The van der Waals surface area contributed by atoms with Crippen molar-refractivity contribution in [1.82, 2.24) is 20.5 Å². The molecule has 1 aromatic heterocycles. The highest BCUT2D eigenvalue weighted by Crippen LogP contribution is 2.20. The maximum absolute atomic E-state index is 12.8. The van der Waals surface area contributed by atoms with Gasteiger partial charge in [-0.1, -0.05) is 24.3 Å². The van der Waals surface area contributed by atoms with Crippen LogP contribution in [0.1, 0.15) is 45.2 Å². The molecule has 0 radical (unpaired) electrons. The fraction of sp³-hybridized carbons (Fsp3) is 0.321. The number of nitrogens with one attached hydrogen (secondary N) is 2. The number of hydrogen-bond donors (Lipinski definition) is 3. The topological polar surface area (TPSA) is 94.6 Å². The Morgan fingerprint density at radius 1 is 0.971 bits per heavy atom. The van der Waals surface area contributed by atoms with Gasteiger partial charge in [0.25, 0.3) is 11.8 Å². The molecule has 1 aliphatic heterocycles. The first kappa shape index (κ1) is 24.6. The van der Waals surface area contributed by atoms with Crippen LogP contribution in [-0.2, 0) is 0 Å². The Labute approximate surface area is 206 Å². The number of hydrogen-bond acceptors (Lipinski definition) is 5. The fourth-order valence-corrected chi connectivity index (χ4v) is 4.34. The maximum Gasteiger partial charge on any atom is 0.251 e. The molecule has 1 aliphatic rings. The molecule has 2 amide bonds. The lowest BCUT2D eigenvalue weighted by Crippen LogP contribution is -2.37. The maximum atomic E-state index is 12.8. The molecule has 2 aromatic carbocycles. The number of carbonyl (C=O) groups is 2. The molecule has 4 rings (SSSR count). The molecule has 0 saturated carbocycles. The van der Waals surface area contributed by atoms with Crippen LogP contribution < -0.4 is 10.6 Å². The average molecular weight is 473 g/mol. The van der Waals surface area contributed by atoms with Crippen LogP contribution in [0.25, 0.3) is 11.1 Å². The summed E-state index contributed by atoms with van der Waals surface area (Å²) in [6.45, 7) is 2.49. The van der Waals surface area contributed by atoms with Crippen LogP contribution in [0.2, 0.25) is 0 Å². The van der Waals surface area contributed by atoms with Crippen molar-refractivity contribution >= 4 is 11.8 Å². The van der Waals surface area contributed by atoms with E-state index in [2.05, 4.69) is 27.6 Å². The largest absolute Gasteiger partial charge is 0.394 e. The van der Waals surface area contributed by atoms with Gasteiger partial charge in [-0.05, 0) is 92.0 Å². The van der Waals surface area contributed by atoms with Crippen LogP contribution in [0.3, 0.4) is 0 Å². The summed E-state index contributed by atoms with van der Waals surface area (Å²) in [7, 11) is 2.12. The highest BCUT2D eigenvalue weighted by atomic mass is 16.3. The standard InChI is InChI=1S/C28H32N4O3/c1-32-15-11-20(12-16-32)18-30-27(34)25-4-2-3-24(17-25)26(19-33)31-28(35)23-7-5-21(6-8-23)22-9-13-29-14-10-22/h2-10,13-14,17,20,26,33H,11-12,15-16,18-19H2,1H3,(H,30,34)(H,31,35)/t26-/m1/s1. The Bertz CT molecular complexity index is 1130. The predicted molar refractivity (Wildman–Crippen MR) is 136 cm³/mol. The fourth-order valence-electron chi connectivity index (χ4n) is 4.34. The number of pyridine rings is 1. The van der Waals surface area contributed by atoms with Gasteiger partial charge in [-0.3, -0.25) is 14.6 Å². The number of nitrogens with zero attached hydrogens (tertiary/aromatic N) is 2. The lowest BCUT2D eigenvalue weighted by Gasteiger charge is -2.28. The van der Waals surface area contributed by atoms with E-state index in [1.807, 2.05) is 24.3 Å². The minimum atomic E-state index is -0.621. The third-order valence-electron chi connectivity index (χ3n) is 6.59. The molecule has 7 heteroatoms. The zero-order valence-corrected chi connectivity index (χ0v) is 20.0. The molecule has 0 aliphatic carbocycles. The molecule has 0 unspecified atom stereocenters. The first-order valence-corrected chi connectivity index (χ1v) is 12.0. The first-order valence-electron chi connectivity index (χ1n) is 12.0. The van der Waals surface area contributed by atoms with Crippen molar-refractivity contribution < 1.29 is 14.7 Å². The molecule has 1 atom stereocenters. The Morgan fingerprint density at radius 3 is 2.34 bits per heavy atom. The smallest absolute Gasteiger partial charge is 0.251 e. The van der Waals surface area contributed by atoms with Crippen LogP contribution in [0.4, 0.5) is 0 Å². The zero-order valence-electron chi connectivity index (χ0n) is 20.0. The Hall–Kier alpha value is -3.55. The number of carbonyl (C=O) groups excluding carboxylic acids is 2. The van der Waals surface area contributed by atoms with E-state index in [0.717, 1.165) is 37.1 Å². The summed E-state index contributed by atoms with van der Waals surface area (Å²) in [5, 5.41) is 15.9. The second kappa shape index (κ2) is 11.7. The summed E-state index contributed by atoms with van der Waals surface area (Å²) in [5.41, 5.74) is 3.70. The van der Waals surface area contributed by atoms with Gasteiger partial charge in [0, 0.05) is 30.1 Å². The van der Waals surface area contributed by atoms with Gasteiger partial charge >= 0.3 is 0 Å². The monoisotopic (exact) mass is 472 g/mol. The Morgan fingerprint density at radius 2 is 1.66 bits per heavy atom. The van der Waals surface area contributed by atoms with Crippen LogP contribution >= 0.6 is 0 Å². The summed E-state index contributed by atoms with van der Waals surface area (Å²) in [6, 6.07) is 17.5. The molecule has 1 fully saturated rings. The molecule has 182 valence electrons. The minimum Gasteiger partial charge on any atom is -0.394 e. The van der Waals surface area contributed by atoms with Crippen molar-refractivity contribution in [3.8, 4) is 11.1 Å². The number of rotatable bonds is 8. The zero-order chi connectivity index (χ0) is 24.6. The van der Waals surface area contributed by atoms with Gasteiger partial charge in [0.15, 0.2) is 0 Å². The molecule has 3 N–H and O–H groups in total. The number of benzene rings is 2. The number of amides is 2. The van der Waals surface area contributed by atoms with E-state index in [0.29, 0.717) is 29.2 Å². The number of aliphatic hydroxyl groups is 1. The van der Waals surface area contributed by atoms with Crippen molar-refractivity contribution in [2.45, 2.75) is 18.9 Å². The first-order chi connectivity index (χ1) is 17.0. The van der Waals surface area contributed by atoms with Gasteiger partial charge in [-0.15, -0.1) is 0 Å². The third-order valence-corrected chi connectivity index (χ3v) is 6.59. The number of likely N-dealkylation sites (tertiary alicyclic amines) is 1. The normalized spacial score (nSPS) is 15.4. The average Bonchev–Trinajstić information content (AvgIpc) is 2.91. The molecule has 1 saturated heterocycles. The summed E-state index contributed by atoms with van der Waals surface area (Å²) in [5.74, 6) is 0.0655. The van der Waals surface area contributed by atoms with Gasteiger partial charge in [-0.25, -0.2) is 0 Å². The summed E-state index contributed by atoms with van der Waals surface area (Å²) >= 11 is 0. The van der Waals surface area contributed by atoms with Crippen molar-refractivity contribution in [1.29, 1.82) is 0 Å². The molecule has 0 spiro atoms. The molecular formula is C28H32N4O3. The van der Waals surface area contributed by atoms with Crippen molar-refractivity contribution in [3.63, 3.8) is 0 Å². The summed E-state index contributed by atoms with van der Waals surface area (Å²) in [6.07, 6.45) is 5.62. The van der Waals surface area contributed by atoms with Crippen molar-refractivity contribution in [3.05, 3.63) is 89.7 Å². The Balaban J connectivity index is 1.37. The number of aromatic nitrogens is 1. The van der Waals surface area contributed by atoms with Crippen LogP contribution in [-0.4, -0.2) is 60.1 Å². The highest BCUT2D eigenvalue weighted by Gasteiger charge is 2.19. The van der Waals surface area contributed by atoms with Crippen LogP contribution in [0, 0.1) is 5.92 Å². The van der Waals surface area contributed by atoms with E-state index in [9.17, 15) is 14.7 Å². The highest BCUT2D eigenvalue weighted by molar-refractivity contribution is 5.95. The number of piperidine rings is 1. The van der Waals surface area contributed by atoms with Crippen molar-refractivity contribution in [2.24, 2.45) is 5.92 Å². The van der Waals surface area contributed by atoms with E-state index < -0.39 is 6.04 Å². The quantitative estimate of drug-likeness (QED) is 0.468. The van der Waals surface area contributed by atoms with E-state index in [-0.39, 0.29) is 18.4 Å². The molecule has 3 aromatic rings. The van der Waals surface area contributed by atoms with Gasteiger partial charge in [0.1, 0.15) is 0 Å². The summed E-state index contributed by atoms with van der Waals surface area (Å²) in [4.78, 5) is 31.9. The lowest BCUT2D eigenvalue weighted by atomic mass is 9.97. The summed E-state index contributed by atoms with van der Waals surface area (Å²) < 4.78 is 0. The van der Waals surface area contributed by atoms with Gasteiger partial charge in [0.2, 0.25) is 0 Å². The van der Waals surface area contributed by atoms with Gasteiger partial charge in [-0.2, -0.15) is 0 Å². The second-order valence-electron chi connectivity index (χ2n) is 9.10. The lowest BCUT2D eigenvalue weighted by molar-refractivity contribution is 0.0915. The predicted octanol–water partition coefficient (Wildman–Crippen LogP) is 3.28. The van der Waals surface area contributed by atoms with Crippen LogP contribution in [0.5, 0.6) is 0 Å². The number of aliphatic hydroxyl groups excluding tert-OH is 1. The molecule has 35 heavy (non-hydrogen) atoms. The van der Waals surface area contributed by atoms with Crippen LogP contribution in [0.15, 0.2) is 73.1 Å². The second-order valence-corrected chi connectivity index (χ2v) is 9.10. The molecule has 2 heterocycles. The molecule has 7 nitrogen and oxygen atoms in total. The Kier molecular flexibility index (Phi) is 8.23. The molecular weight excluding hydrogens is 440 g/mol.